The lowest BCUT2D eigenvalue weighted by Gasteiger charge is -2.26. The zero-order chi connectivity index (χ0) is 9.26. The molecule has 1 heterocycles. The lowest BCUT2D eigenvalue weighted by Crippen LogP contribution is -2.29. The molecule has 1 nitrogen and oxygen atoms in total. The lowest BCUT2D eigenvalue weighted by molar-refractivity contribution is 0.492. The van der Waals surface area contributed by atoms with Crippen LogP contribution in [0, 0.1) is 6.92 Å². The smallest absolute Gasteiger partial charge is 0.0320 e. The molecule has 1 aromatic rings. The summed E-state index contributed by atoms with van der Waals surface area (Å²) in [6.07, 6.45) is 2.38. The zero-order valence-corrected chi connectivity index (χ0v) is 8.43. The first-order valence-corrected chi connectivity index (χ1v) is 5.14. The molecular formula is C12H17N. The van der Waals surface area contributed by atoms with Crippen LogP contribution in [0.3, 0.4) is 0 Å². The third-order valence-corrected chi connectivity index (χ3v) is 2.87. The number of benzene rings is 1. The van der Waals surface area contributed by atoms with Crippen molar-refractivity contribution in [2.45, 2.75) is 32.7 Å². The number of fused-ring (bicyclic) bond motifs is 1. The van der Waals surface area contributed by atoms with Crippen molar-refractivity contribution in [2.24, 2.45) is 0 Å². The highest BCUT2D eigenvalue weighted by molar-refractivity contribution is 5.35. The molecule has 0 aromatic heterocycles. The van der Waals surface area contributed by atoms with Crippen molar-refractivity contribution in [3.63, 3.8) is 0 Å². The number of nitrogens with one attached hydrogen (secondary N) is 1. The topological polar surface area (TPSA) is 12.0 Å². The minimum atomic E-state index is 0.587. The fourth-order valence-electron chi connectivity index (χ4n) is 2.15. The van der Waals surface area contributed by atoms with E-state index >= 15 is 0 Å². The molecule has 0 amide bonds. The summed E-state index contributed by atoms with van der Waals surface area (Å²) in [5.41, 5.74) is 4.44. The van der Waals surface area contributed by atoms with Crippen LogP contribution in [-0.2, 0) is 6.42 Å². The molecule has 1 N–H and O–H groups in total. The van der Waals surface area contributed by atoms with Crippen LogP contribution >= 0.6 is 0 Å². The summed E-state index contributed by atoms with van der Waals surface area (Å²) < 4.78 is 0. The van der Waals surface area contributed by atoms with Crippen LogP contribution in [0.25, 0.3) is 0 Å². The van der Waals surface area contributed by atoms with Crippen LogP contribution in [0.4, 0.5) is 0 Å². The highest BCUT2D eigenvalue weighted by Gasteiger charge is 2.17. The Bertz CT molecular complexity index is 304. The Morgan fingerprint density at radius 2 is 2.31 bits per heavy atom. The Morgan fingerprint density at radius 3 is 3.08 bits per heavy atom. The first-order chi connectivity index (χ1) is 6.31. The van der Waals surface area contributed by atoms with E-state index < -0.39 is 0 Å². The van der Waals surface area contributed by atoms with Crippen molar-refractivity contribution >= 4 is 0 Å². The molecular weight excluding hydrogens is 158 g/mol. The molecule has 0 spiro atoms. The van der Waals surface area contributed by atoms with Gasteiger partial charge in [0.2, 0.25) is 0 Å². The second-order valence-electron chi connectivity index (χ2n) is 3.87. The molecule has 0 fully saturated rings. The molecule has 0 saturated heterocycles. The predicted molar refractivity (Wildman–Crippen MR) is 55.9 cm³/mol. The van der Waals surface area contributed by atoms with Crippen molar-refractivity contribution in [1.82, 2.24) is 5.32 Å². The third kappa shape index (κ3) is 1.61. The molecule has 1 atom stereocenters. The molecule has 13 heavy (non-hydrogen) atoms. The van der Waals surface area contributed by atoms with E-state index in [1.54, 1.807) is 5.56 Å². The maximum Gasteiger partial charge on any atom is 0.0320 e. The largest absolute Gasteiger partial charge is 0.310 e. The van der Waals surface area contributed by atoms with Crippen molar-refractivity contribution in [3.8, 4) is 0 Å². The number of aryl methyl sites for hydroxylation is 1. The van der Waals surface area contributed by atoms with Gasteiger partial charge in [0.25, 0.3) is 0 Å². The highest BCUT2D eigenvalue weighted by Crippen LogP contribution is 2.25. The Morgan fingerprint density at radius 1 is 1.46 bits per heavy atom. The summed E-state index contributed by atoms with van der Waals surface area (Å²) in [6.45, 7) is 5.55. The van der Waals surface area contributed by atoms with Crippen LogP contribution < -0.4 is 5.32 Å². The maximum absolute atomic E-state index is 3.54. The quantitative estimate of drug-likeness (QED) is 0.691. The van der Waals surface area contributed by atoms with Crippen LogP contribution in [0.5, 0.6) is 0 Å². The second kappa shape index (κ2) is 3.51. The summed E-state index contributed by atoms with van der Waals surface area (Å²) in [5.74, 6) is 0. The summed E-state index contributed by atoms with van der Waals surface area (Å²) in [7, 11) is 0. The summed E-state index contributed by atoms with van der Waals surface area (Å²) >= 11 is 0. The molecule has 0 bridgehead atoms. The second-order valence-corrected chi connectivity index (χ2v) is 3.87. The zero-order valence-electron chi connectivity index (χ0n) is 8.43. The number of rotatable bonds is 1. The van der Waals surface area contributed by atoms with Gasteiger partial charge in [-0.25, -0.2) is 0 Å². The van der Waals surface area contributed by atoms with E-state index in [1.165, 1.54) is 24.0 Å². The fourth-order valence-corrected chi connectivity index (χ4v) is 2.15. The monoisotopic (exact) mass is 175 g/mol. The van der Waals surface area contributed by atoms with Gasteiger partial charge < -0.3 is 5.32 Å². The highest BCUT2D eigenvalue weighted by atomic mass is 14.9. The Balaban J connectivity index is 2.40. The molecule has 1 aliphatic heterocycles. The van der Waals surface area contributed by atoms with Crippen molar-refractivity contribution in [1.29, 1.82) is 0 Å². The number of hydrogen-bond donors (Lipinski definition) is 1. The summed E-state index contributed by atoms with van der Waals surface area (Å²) in [6, 6.07) is 7.42. The SMILES string of the molecule is CC[C@H]1NCCc2cc(C)ccc21. The maximum atomic E-state index is 3.54. The third-order valence-electron chi connectivity index (χ3n) is 2.87. The molecule has 2 rings (SSSR count). The van der Waals surface area contributed by atoms with Gasteiger partial charge in [-0.15, -0.1) is 0 Å². The van der Waals surface area contributed by atoms with Gasteiger partial charge in [0.05, 0.1) is 0 Å². The van der Waals surface area contributed by atoms with E-state index in [4.69, 9.17) is 0 Å². The predicted octanol–water partition coefficient (Wildman–Crippen LogP) is 2.59. The molecule has 70 valence electrons. The molecule has 0 aliphatic carbocycles. The van der Waals surface area contributed by atoms with Gasteiger partial charge in [0, 0.05) is 6.04 Å². The fraction of sp³-hybridized carbons (Fsp3) is 0.500. The Kier molecular flexibility index (Phi) is 2.36. The standard InChI is InChI=1S/C12H17N/c1-3-12-11-5-4-9(2)8-10(11)6-7-13-12/h4-5,8,12-13H,3,6-7H2,1-2H3/t12-/m1/s1. The van der Waals surface area contributed by atoms with Gasteiger partial charge >= 0.3 is 0 Å². The van der Waals surface area contributed by atoms with E-state index in [9.17, 15) is 0 Å². The van der Waals surface area contributed by atoms with Crippen LogP contribution in [0.15, 0.2) is 18.2 Å². The first-order valence-electron chi connectivity index (χ1n) is 5.14. The molecule has 0 radical (unpaired) electrons. The van der Waals surface area contributed by atoms with Crippen LogP contribution in [0.1, 0.15) is 36.1 Å². The summed E-state index contributed by atoms with van der Waals surface area (Å²) in [5, 5.41) is 3.54. The van der Waals surface area contributed by atoms with Gasteiger partial charge in [-0.2, -0.15) is 0 Å². The van der Waals surface area contributed by atoms with Crippen LogP contribution in [0.2, 0.25) is 0 Å². The van der Waals surface area contributed by atoms with Gasteiger partial charge in [0.1, 0.15) is 0 Å². The normalized spacial score (nSPS) is 21.2. The van der Waals surface area contributed by atoms with Crippen molar-refractivity contribution in [3.05, 3.63) is 34.9 Å². The summed E-state index contributed by atoms with van der Waals surface area (Å²) in [4.78, 5) is 0. The minimum absolute atomic E-state index is 0.587. The van der Waals surface area contributed by atoms with Gasteiger partial charge in [-0.3, -0.25) is 0 Å². The molecule has 0 saturated carbocycles. The molecule has 1 aromatic carbocycles. The average Bonchev–Trinajstić information content (AvgIpc) is 2.16. The molecule has 0 unspecified atom stereocenters. The van der Waals surface area contributed by atoms with E-state index in [0.29, 0.717) is 6.04 Å². The average molecular weight is 175 g/mol. The van der Waals surface area contributed by atoms with Gasteiger partial charge in [-0.1, -0.05) is 30.7 Å². The van der Waals surface area contributed by atoms with Gasteiger partial charge in [-0.05, 0) is 37.4 Å². The Hall–Kier alpha value is -0.820. The molecule has 1 aliphatic rings. The Labute approximate surface area is 80.2 Å². The van der Waals surface area contributed by atoms with E-state index in [2.05, 4.69) is 37.4 Å². The van der Waals surface area contributed by atoms with Crippen molar-refractivity contribution in [2.75, 3.05) is 6.54 Å². The molecule has 1 heteroatoms. The van der Waals surface area contributed by atoms with E-state index in [-0.39, 0.29) is 0 Å². The van der Waals surface area contributed by atoms with E-state index in [0.717, 1.165) is 6.54 Å². The van der Waals surface area contributed by atoms with Gasteiger partial charge in [0.15, 0.2) is 0 Å². The minimum Gasteiger partial charge on any atom is -0.310 e. The van der Waals surface area contributed by atoms with Crippen LogP contribution in [-0.4, -0.2) is 6.54 Å². The first kappa shape index (κ1) is 8.76. The van der Waals surface area contributed by atoms with E-state index in [1.807, 2.05) is 0 Å². The van der Waals surface area contributed by atoms with Crippen molar-refractivity contribution < 1.29 is 0 Å². The lowest BCUT2D eigenvalue weighted by atomic mass is 9.92. The number of hydrogen-bond acceptors (Lipinski definition) is 1.